The number of halogens is 1. The summed E-state index contributed by atoms with van der Waals surface area (Å²) in [5.74, 6) is 0.402. The first-order valence-electron chi connectivity index (χ1n) is 10.4. The van der Waals surface area contributed by atoms with Crippen molar-refractivity contribution in [2.45, 2.75) is 32.5 Å². The zero-order chi connectivity index (χ0) is 22.9. The first-order valence-corrected chi connectivity index (χ1v) is 10.8. The fraction of sp³-hybridized carbons (Fsp3) is 0.231. The lowest BCUT2D eigenvalue weighted by Crippen LogP contribution is -2.47. The molecule has 0 saturated heterocycles. The number of hydrogen-bond donors (Lipinski definition) is 1. The summed E-state index contributed by atoms with van der Waals surface area (Å²) in [6.07, 6.45) is 0.184. The molecule has 1 N–H and O–H groups in total. The SMILES string of the molecule is COc1ccc(CN(C(=O)Cc2ccc(Cl)cc2)[C@H](C)C(=O)NCc2ccccc2)cc1. The molecule has 0 aliphatic carbocycles. The van der Waals surface area contributed by atoms with Gasteiger partial charge in [-0.15, -0.1) is 0 Å². The molecule has 1 atom stereocenters. The Balaban J connectivity index is 1.74. The number of benzene rings is 3. The molecule has 2 amide bonds. The Labute approximate surface area is 194 Å². The van der Waals surface area contributed by atoms with Crippen LogP contribution in [0.25, 0.3) is 0 Å². The number of carbonyl (C=O) groups is 2. The standard InChI is InChI=1S/C26H27ClN2O3/c1-19(26(31)28-17-21-6-4-3-5-7-21)29(18-22-10-14-24(32-2)15-11-22)25(30)16-20-8-12-23(27)13-9-20/h3-15,19H,16-18H2,1-2H3,(H,28,31)/t19-/m1/s1. The molecule has 0 aliphatic heterocycles. The van der Waals surface area contributed by atoms with Gasteiger partial charge >= 0.3 is 0 Å². The van der Waals surface area contributed by atoms with E-state index in [4.69, 9.17) is 16.3 Å². The van der Waals surface area contributed by atoms with Crippen molar-refractivity contribution in [2.24, 2.45) is 0 Å². The van der Waals surface area contributed by atoms with Gasteiger partial charge in [-0.25, -0.2) is 0 Å². The number of rotatable bonds is 9. The van der Waals surface area contributed by atoms with Crippen molar-refractivity contribution in [2.75, 3.05) is 7.11 Å². The van der Waals surface area contributed by atoms with E-state index in [1.54, 1.807) is 31.1 Å². The summed E-state index contributed by atoms with van der Waals surface area (Å²) in [7, 11) is 1.61. The number of hydrogen-bond acceptors (Lipinski definition) is 3. The Morgan fingerprint density at radius 1 is 0.906 bits per heavy atom. The molecule has 166 valence electrons. The van der Waals surface area contributed by atoms with Crippen molar-refractivity contribution >= 4 is 23.4 Å². The summed E-state index contributed by atoms with van der Waals surface area (Å²) in [5, 5.41) is 3.55. The first kappa shape index (κ1) is 23.4. The molecule has 0 fully saturated rings. The third-order valence-electron chi connectivity index (χ3n) is 5.26. The van der Waals surface area contributed by atoms with Crippen LogP contribution in [0.5, 0.6) is 5.75 Å². The van der Waals surface area contributed by atoms with E-state index in [1.807, 2.05) is 66.7 Å². The molecule has 0 spiro atoms. The van der Waals surface area contributed by atoms with Crippen LogP contribution in [0.15, 0.2) is 78.9 Å². The number of nitrogens with zero attached hydrogens (tertiary/aromatic N) is 1. The van der Waals surface area contributed by atoms with Crippen molar-refractivity contribution in [3.8, 4) is 5.75 Å². The second kappa shape index (κ2) is 11.3. The van der Waals surface area contributed by atoms with E-state index >= 15 is 0 Å². The second-order valence-corrected chi connectivity index (χ2v) is 7.99. The van der Waals surface area contributed by atoms with E-state index in [1.165, 1.54) is 0 Å². The monoisotopic (exact) mass is 450 g/mol. The molecule has 0 saturated carbocycles. The van der Waals surface area contributed by atoms with Crippen LogP contribution in [0.2, 0.25) is 5.02 Å². The van der Waals surface area contributed by atoms with Crippen LogP contribution in [0.4, 0.5) is 0 Å². The van der Waals surface area contributed by atoms with Crippen molar-refractivity contribution in [3.63, 3.8) is 0 Å². The van der Waals surface area contributed by atoms with E-state index in [2.05, 4.69) is 5.32 Å². The summed E-state index contributed by atoms with van der Waals surface area (Å²) >= 11 is 5.96. The minimum Gasteiger partial charge on any atom is -0.497 e. The van der Waals surface area contributed by atoms with E-state index < -0.39 is 6.04 Å². The lowest BCUT2D eigenvalue weighted by molar-refractivity contribution is -0.140. The van der Waals surface area contributed by atoms with Crippen LogP contribution in [-0.4, -0.2) is 29.9 Å². The maximum Gasteiger partial charge on any atom is 0.242 e. The van der Waals surface area contributed by atoms with Crippen molar-refractivity contribution in [3.05, 3.63) is 101 Å². The van der Waals surface area contributed by atoms with Crippen LogP contribution in [0, 0.1) is 0 Å². The number of methoxy groups -OCH3 is 1. The molecule has 3 rings (SSSR count). The second-order valence-electron chi connectivity index (χ2n) is 7.55. The minimum absolute atomic E-state index is 0.134. The lowest BCUT2D eigenvalue weighted by Gasteiger charge is -2.29. The fourth-order valence-corrected chi connectivity index (χ4v) is 3.45. The zero-order valence-electron chi connectivity index (χ0n) is 18.3. The Morgan fingerprint density at radius 3 is 2.16 bits per heavy atom. The molecule has 5 nitrogen and oxygen atoms in total. The number of amides is 2. The van der Waals surface area contributed by atoms with Gasteiger partial charge in [0.15, 0.2) is 0 Å². The third-order valence-corrected chi connectivity index (χ3v) is 5.51. The van der Waals surface area contributed by atoms with Crippen molar-refractivity contribution < 1.29 is 14.3 Å². The first-order chi connectivity index (χ1) is 15.5. The average molecular weight is 451 g/mol. The normalized spacial score (nSPS) is 11.5. The maximum absolute atomic E-state index is 13.2. The topological polar surface area (TPSA) is 58.6 Å². The highest BCUT2D eigenvalue weighted by atomic mass is 35.5. The summed E-state index contributed by atoms with van der Waals surface area (Å²) in [6, 6.07) is 23.7. The van der Waals surface area contributed by atoms with Gasteiger partial charge in [0, 0.05) is 18.1 Å². The van der Waals surface area contributed by atoms with Gasteiger partial charge in [0.1, 0.15) is 11.8 Å². The summed E-state index contributed by atoms with van der Waals surface area (Å²) < 4.78 is 5.21. The van der Waals surface area contributed by atoms with E-state index in [-0.39, 0.29) is 18.2 Å². The van der Waals surface area contributed by atoms with Crippen LogP contribution in [0.3, 0.4) is 0 Å². The summed E-state index contributed by atoms with van der Waals surface area (Å²) in [4.78, 5) is 27.7. The molecule has 0 unspecified atom stereocenters. The van der Waals surface area contributed by atoms with E-state index in [0.717, 1.165) is 22.4 Å². The number of ether oxygens (including phenoxy) is 1. The molecular formula is C26H27ClN2O3. The van der Waals surface area contributed by atoms with Crippen molar-refractivity contribution in [1.29, 1.82) is 0 Å². The quantitative estimate of drug-likeness (QED) is 0.517. The molecular weight excluding hydrogens is 424 g/mol. The fourth-order valence-electron chi connectivity index (χ4n) is 3.32. The molecule has 3 aromatic carbocycles. The van der Waals surface area contributed by atoms with Gasteiger partial charge < -0.3 is 15.0 Å². The average Bonchev–Trinajstić information content (AvgIpc) is 2.83. The largest absolute Gasteiger partial charge is 0.497 e. The Kier molecular flexibility index (Phi) is 8.28. The molecule has 0 aliphatic rings. The zero-order valence-corrected chi connectivity index (χ0v) is 19.0. The molecule has 6 heteroatoms. The highest BCUT2D eigenvalue weighted by Crippen LogP contribution is 2.17. The molecule has 3 aromatic rings. The molecule has 0 radical (unpaired) electrons. The summed E-state index contributed by atoms with van der Waals surface area (Å²) in [5.41, 5.74) is 2.76. The summed E-state index contributed by atoms with van der Waals surface area (Å²) in [6.45, 7) is 2.48. The van der Waals surface area contributed by atoms with Gasteiger partial charge in [0.25, 0.3) is 0 Å². The third kappa shape index (κ3) is 6.59. The van der Waals surface area contributed by atoms with Gasteiger partial charge in [-0.2, -0.15) is 0 Å². The van der Waals surface area contributed by atoms with Crippen molar-refractivity contribution in [1.82, 2.24) is 10.2 Å². The van der Waals surface area contributed by atoms with Crippen LogP contribution in [0.1, 0.15) is 23.6 Å². The maximum atomic E-state index is 13.2. The predicted octanol–water partition coefficient (Wildman–Crippen LogP) is 4.62. The Morgan fingerprint density at radius 2 is 1.53 bits per heavy atom. The Hall–Kier alpha value is -3.31. The van der Waals surface area contributed by atoms with E-state index in [0.29, 0.717) is 18.1 Å². The van der Waals surface area contributed by atoms with Crippen LogP contribution in [-0.2, 0) is 29.1 Å². The highest BCUT2D eigenvalue weighted by Gasteiger charge is 2.26. The highest BCUT2D eigenvalue weighted by molar-refractivity contribution is 6.30. The van der Waals surface area contributed by atoms with Gasteiger partial charge in [0.05, 0.1) is 13.5 Å². The molecule has 0 bridgehead atoms. The van der Waals surface area contributed by atoms with Gasteiger partial charge in [-0.1, -0.05) is 66.2 Å². The minimum atomic E-state index is -0.638. The number of nitrogens with one attached hydrogen (secondary N) is 1. The van der Waals surface area contributed by atoms with Gasteiger partial charge in [0.2, 0.25) is 11.8 Å². The van der Waals surface area contributed by atoms with Gasteiger partial charge in [-0.05, 0) is 47.9 Å². The lowest BCUT2D eigenvalue weighted by atomic mass is 10.1. The predicted molar refractivity (Wildman–Crippen MR) is 126 cm³/mol. The van der Waals surface area contributed by atoms with Crippen LogP contribution >= 0.6 is 11.6 Å². The van der Waals surface area contributed by atoms with Gasteiger partial charge in [-0.3, -0.25) is 9.59 Å². The molecule has 32 heavy (non-hydrogen) atoms. The van der Waals surface area contributed by atoms with E-state index in [9.17, 15) is 9.59 Å². The smallest absolute Gasteiger partial charge is 0.242 e. The molecule has 0 aromatic heterocycles. The molecule has 0 heterocycles. The number of carbonyl (C=O) groups excluding carboxylic acids is 2. The Bertz CT molecular complexity index is 1020. The van der Waals surface area contributed by atoms with Crippen LogP contribution < -0.4 is 10.1 Å².